The van der Waals surface area contributed by atoms with Crippen molar-refractivity contribution in [2.24, 2.45) is 0 Å². The molecule has 6 heteroatoms. The van der Waals surface area contributed by atoms with E-state index >= 15 is 0 Å². The average molecular weight is 463 g/mol. The molecular weight excluding hydrogens is 425 g/mol. The molecule has 0 aromatic heterocycles. The third-order valence-corrected chi connectivity index (χ3v) is 6.67. The summed E-state index contributed by atoms with van der Waals surface area (Å²) in [5.41, 5.74) is 2.77. The summed E-state index contributed by atoms with van der Waals surface area (Å²) in [5, 5.41) is 2.90. The zero-order valence-corrected chi connectivity index (χ0v) is 20.1. The summed E-state index contributed by atoms with van der Waals surface area (Å²) in [6.07, 6.45) is 6.16. The molecule has 182 valence electrons. The number of nitrogens with zero attached hydrogens (tertiary/aromatic N) is 1. The number of fused-ring (bicyclic) bond motifs is 1. The predicted octanol–water partition coefficient (Wildman–Crippen LogP) is 7.64. The molecule has 1 aliphatic rings. The molecule has 2 aromatic carbocycles. The molecule has 0 radical (unpaired) electrons. The second-order valence-corrected chi connectivity index (χ2v) is 9.96. The van der Waals surface area contributed by atoms with Gasteiger partial charge in [-0.1, -0.05) is 82.2 Å². The molecule has 1 heterocycles. The summed E-state index contributed by atoms with van der Waals surface area (Å²) in [6, 6.07) is 9.05. The van der Waals surface area contributed by atoms with Crippen molar-refractivity contribution in [1.82, 2.24) is 10.4 Å². The highest BCUT2D eigenvalue weighted by molar-refractivity contribution is 5.86. The van der Waals surface area contributed by atoms with Crippen LogP contribution in [0.15, 0.2) is 36.4 Å². The lowest BCUT2D eigenvalue weighted by molar-refractivity contribution is -0.203. The highest BCUT2D eigenvalue weighted by Crippen LogP contribution is 2.43. The van der Waals surface area contributed by atoms with E-state index in [1.165, 1.54) is 38.5 Å². The third kappa shape index (κ3) is 6.50. The lowest BCUT2D eigenvalue weighted by Crippen LogP contribution is -2.51. The molecule has 0 spiro atoms. The maximum atomic E-state index is 14.2. The minimum Gasteiger partial charge on any atom is -0.287 e. The number of carbonyl (C=O) groups excluding carboxylic acids is 1. The molecule has 1 fully saturated rings. The number of carbonyl (C=O) groups is 1. The monoisotopic (exact) mass is 462 g/mol. The number of amides is 1. The predicted molar refractivity (Wildman–Crippen MR) is 128 cm³/mol. The van der Waals surface area contributed by atoms with Crippen molar-refractivity contribution in [1.29, 1.82) is 0 Å². The number of hydrazine groups is 1. The zero-order chi connectivity index (χ0) is 24.1. The van der Waals surface area contributed by atoms with Gasteiger partial charge in [-0.3, -0.25) is 10.2 Å². The molecule has 1 amide bonds. The topological polar surface area (TPSA) is 32.3 Å². The van der Waals surface area contributed by atoms with E-state index in [0.717, 1.165) is 40.6 Å². The summed E-state index contributed by atoms with van der Waals surface area (Å²) in [5.74, 6) is -0.384. The number of rotatable bonds is 11. The van der Waals surface area contributed by atoms with E-state index in [1.54, 1.807) is 32.0 Å². The van der Waals surface area contributed by atoms with Gasteiger partial charge in [0.1, 0.15) is 0 Å². The molecule has 3 nitrogen and oxygen atoms in total. The molecule has 33 heavy (non-hydrogen) atoms. The maximum Gasteiger partial charge on any atom is 0.409 e. The van der Waals surface area contributed by atoms with Crippen LogP contribution >= 0.6 is 0 Å². The van der Waals surface area contributed by atoms with Crippen LogP contribution in [-0.4, -0.2) is 22.6 Å². The van der Waals surface area contributed by atoms with E-state index in [2.05, 4.69) is 12.3 Å². The van der Waals surface area contributed by atoms with Gasteiger partial charge in [0.15, 0.2) is 6.04 Å². The quantitative estimate of drug-likeness (QED) is 0.348. The van der Waals surface area contributed by atoms with Gasteiger partial charge in [-0.2, -0.15) is 18.2 Å². The Morgan fingerprint density at radius 1 is 1.00 bits per heavy atom. The molecule has 1 saturated heterocycles. The lowest BCUT2D eigenvalue weighted by atomic mass is 9.93. The van der Waals surface area contributed by atoms with Crippen LogP contribution in [0.5, 0.6) is 0 Å². The van der Waals surface area contributed by atoms with Crippen LogP contribution in [0, 0.1) is 0 Å². The Kier molecular flexibility index (Phi) is 8.43. The van der Waals surface area contributed by atoms with Crippen LogP contribution in [-0.2, 0) is 11.2 Å². The van der Waals surface area contributed by atoms with Crippen molar-refractivity contribution in [2.75, 3.05) is 0 Å². The van der Waals surface area contributed by atoms with Crippen molar-refractivity contribution < 1.29 is 18.0 Å². The van der Waals surface area contributed by atoms with Gasteiger partial charge in [0.2, 0.25) is 5.91 Å². The van der Waals surface area contributed by atoms with Crippen molar-refractivity contribution in [3.63, 3.8) is 0 Å². The van der Waals surface area contributed by atoms with Gasteiger partial charge in [-0.05, 0) is 54.7 Å². The number of halogens is 3. The van der Waals surface area contributed by atoms with Crippen LogP contribution in [0.1, 0.15) is 95.7 Å². The molecule has 1 N–H and O–H groups in total. The first-order chi connectivity index (χ1) is 15.6. The number of aryl methyl sites for hydroxylation is 1. The average Bonchev–Trinajstić information content (AvgIpc) is 3.00. The first-order valence-electron chi connectivity index (χ1n) is 12.3. The van der Waals surface area contributed by atoms with Crippen LogP contribution < -0.4 is 5.43 Å². The zero-order valence-electron chi connectivity index (χ0n) is 20.1. The Morgan fingerprint density at radius 3 is 2.27 bits per heavy atom. The number of alkyl halides is 3. The van der Waals surface area contributed by atoms with Gasteiger partial charge in [-0.25, -0.2) is 0 Å². The summed E-state index contributed by atoms with van der Waals surface area (Å²) in [7, 11) is 0. The van der Waals surface area contributed by atoms with Crippen molar-refractivity contribution in [2.45, 2.75) is 103 Å². The number of hydrogen-bond acceptors (Lipinski definition) is 2. The molecule has 0 bridgehead atoms. The Balaban J connectivity index is 1.78. The molecule has 3 rings (SSSR count). The largest absolute Gasteiger partial charge is 0.409 e. The van der Waals surface area contributed by atoms with Crippen molar-refractivity contribution >= 4 is 16.7 Å². The molecule has 1 aliphatic heterocycles. The Labute approximate surface area is 195 Å². The van der Waals surface area contributed by atoms with Crippen molar-refractivity contribution in [3.8, 4) is 0 Å². The summed E-state index contributed by atoms with van der Waals surface area (Å²) < 4.78 is 42.7. The van der Waals surface area contributed by atoms with Gasteiger partial charge in [0.25, 0.3) is 0 Å². The standard InChI is InChI=1S/C27H37F3N2O/c1-4-5-6-7-8-9-10-11-13-20-14-12-15-21-16-17-22(18-23(20)21)25(27(28,29)30)32-26(2,3)19-24(33)31-32/h12,14-18,25H,4-11,13,19H2,1-3H3,(H,31,33). The number of hydrogen-bond donors (Lipinski definition) is 1. The fourth-order valence-corrected chi connectivity index (χ4v) is 4.89. The van der Waals surface area contributed by atoms with Crippen molar-refractivity contribution in [3.05, 3.63) is 47.5 Å². The number of benzene rings is 2. The third-order valence-electron chi connectivity index (χ3n) is 6.67. The van der Waals surface area contributed by atoms with E-state index < -0.39 is 17.8 Å². The summed E-state index contributed by atoms with van der Waals surface area (Å²) >= 11 is 0. The molecule has 1 unspecified atom stereocenters. The minimum atomic E-state index is -4.52. The summed E-state index contributed by atoms with van der Waals surface area (Å²) in [6.45, 7) is 5.55. The Hall–Kier alpha value is -2.08. The molecular formula is C27H37F3N2O. The molecule has 1 atom stereocenters. The Bertz CT molecular complexity index is 939. The van der Waals surface area contributed by atoms with Gasteiger partial charge in [0.05, 0.1) is 0 Å². The van der Waals surface area contributed by atoms with E-state index in [1.807, 2.05) is 18.2 Å². The van der Waals surface area contributed by atoms with Gasteiger partial charge in [0, 0.05) is 12.0 Å². The fourth-order valence-electron chi connectivity index (χ4n) is 4.89. The normalized spacial score (nSPS) is 17.5. The maximum absolute atomic E-state index is 14.2. The minimum absolute atomic E-state index is 0.0385. The molecule has 2 aromatic rings. The van der Waals surface area contributed by atoms with Gasteiger partial charge in [-0.15, -0.1) is 0 Å². The molecule has 0 aliphatic carbocycles. The van der Waals surface area contributed by atoms with E-state index in [0.29, 0.717) is 0 Å². The second kappa shape index (κ2) is 10.9. The van der Waals surface area contributed by atoms with Crippen LogP contribution in [0.4, 0.5) is 13.2 Å². The van der Waals surface area contributed by atoms with Crippen LogP contribution in [0.3, 0.4) is 0 Å². The Morgan fingerprint density at radius 2 is 1.67 bits per heavy atom. The SMILES string of the molecule is CCCCCCCCCCc1cccc2ccc(C(N3NC(=O)CC3(C)C)C(F)(F)F)cc12. The lowest BCUT2D eigenvalue weighted by Gasteiger charge is -2.38. The first kappa shape index (κ1) is 25.5. The van der Waals surface area contributed by atoms with E-state index in [4.69, 9.17) is 0 Å². The van der Waals surface area contributed by atoms with E-state index in [9.17, 15) is 18.0 Å². The first-order valence-corrected chi connectivity index (χ1v) is 12.3. The fraction of sp³-hybridized carbons (Fsp3) is 0.593. The van der Waals surface area contributed by atoms with Crippen LogP contribution in [0.25, 0.3) is 10.8 Å². The number of nitrogens with one attached hydrogen (secondary N) is 1. The van der Waals surface area contributed by atoms with Crippen LogP contribution in [0.2, 0.25) is 0 Å². The molecule has 0 saturated carbocycles. The smallest absolute Gasteiger partial charge is 0.287 e. The highest BCUT2D eigenvalue weighted by Gasteiger charge is 2.53. The number of unbranched alkanes of at least 4 members (excludes halogenated alkanes) is 7. The highest BCUT2D eigenvalue weighted by atomic mass is 19.4. The van der Waals surface area contributed by atoms with E-state index in [-0.39, 0.29) is 17.9 Å². The van der Waals surface area contributed by atoms with Gasteiger partial charge < -0.3 is 0 Å². The summed E-state index contributed by atoms with van der Waals surface area (Å²) in [4.78, 5) is 11.9. The van der Waals surface area contributed by atoms with Gasteiger partial charge >= 0.3 is 6.18 Å². The second-order valence-electron chi connectivity index (χ2n) is 9.96.